The number of nitrogens with one attached hydrogen (secondary N) is 1. The van der Waals surface area contributed by atoms with E-state index in [1.807, 2.05) is 26.0 Å². The summed E-state index contributed by atoms with van der Waals surface area (Å²) in [4.78, 5) is 11.5. The van der Waals surface area contributed by atoms with Crippen LogP contribution in [0.1, 0.15) is 19.7 Å². The van der Waals surface area contributed by atoms with E-state index in [4.69, 9.17) is 9.15 Å². The Hall–Kier alpha value is -2.21. The van der Waals surface area contributed by atoms with E-state index in [1.54, 1.807) is 12.1 Å². The number of hydrogen-bond donors (Lipinski definition) is 1. The van der Waals surface area contributed by atoms with Crippen molar-refractivity contribution < 1.29 is 13.9 Å². The second kappa shape index (κ2) is 6.81. The van der Waals surface area contributed by atoms with Crippen LogP contribution in [-0.2, 0) is 16.0 Å². The first-order valence-corrected chi connectivity index (χ1v) is 6.53. The fourth-order valence-corrected chi connectivity index (χ4v) is 1.60. The number of benzene rings is 1. The van der Waals surface area contributed by atoms with Crippen LogP contribution in [-0.4, -0.2) is 29.3 Å². The van der Waals surface area contributed by atoms with E-state index in [1.165, 1.54) is 0 Å². The first-order chi connectivity index (χ1) is 9.72. The van der Waals surface area contributed by atoms with Crippen molar-refractivity contribution >= 4 is 11.6 Å². The fourth-order valence-electron chi connectivity index (χ4n) is 1.60. The van der Waals surface area contributed by atoms with Gasteiger partial charge in [0.15, 0.2) is 0 Å². The van der Waals surface area contributed by atoms with Gasteiger partial charge in [0, 0.05) is 24.3 Å². The van der Waals surface area contributed by atoms with Gasteiger partial charge >= 0.3 is 0 Å². The molecule has 0 bridgehead atoms. The number of hydrogen-bond acceptors (Lipinski definition) is 5. The molecule has 0 aliphatic heterocycles. The van der Waals surface area contributed by atoms with Crippen molar-refractivity contribution in [3.63, 3.8) is 0 Å². The minimum Gasteiger partial charge on any atom is -0.421 e. The molecule has 106 valence electrons. The Bertz CT molecular complexity index is 563. The summed E-state index contributed by atoms with van der Waals surface area (Å²) in [7, 11) is 0. The summed E-state index contributed by atoms with van der Waals surface area (Å²) in [5.41, 5.74) is 1.52. The van der Waals surface area contributed by atoms with Crippen LogP contribution < -0.4 is 5.32 Å². The summed E-state index contributed by atoms with van der Waals surface area (Å²) in [6.45, 7) is 4.37. The Kier molecular flexibility index (Phi) is 4.84. The molecule has 1 aromatic heterocycles. The molecule has 0 aliphatic carbocycles. The lowest BCUT2D eigenvalue weighted by Gasteiger charge is -2.05. The lowest BCUT2D eigenvalue weighted by atomic mass is 10.2. The topological polar surface area (TPSA) is 77.2 Å². The van der Waals surface area contributed by atoms with Gasteiger partial charge in [0.2, 0.25) is 17.7 Å². The Morgan fingerprint density at radius 2 is 2.00 bits per heavy atom. The third-order valence-corrected chi connectivity index (χ3v) is 2.62. The van der Waals surface area contributed by atoms with E-state index < -0.39 is 0 Å². The molecule has 20 heavy (non-hydrogen) atoms. The summed E-state index contributed by atoms with van der Waals surface area (Å²) in [6.07, 6.45) is 0.707. The summed E-state index contributed by atoms with van der Waals surface area (Å²) in [5, 5.41) is 10.6. The van der Waals surface area contributed by atoms with E-state index in [0.29, 0.717) is 30.5 Å². The Labute approximate surface area is 117 Å². The standard InChI is InChI=1S/C14H17N3O3/c1-3-13-16-17-14(20-13)10-5-7-11(8-6-10)15-12(18)9-19-4-2/h5-8H,3-4,9H2,1-2H3,(H,15,18). The molecule has 6 nitrogen and oxygen atoms in total. The van der Waals surface area contributed by atoms with Gasteiger partial charge in [-0.3, -0.25) is 4.79 Å². The predicted octanol–water partition coefficient (Wildman–Crippen LogP) is 2.27. The number of carbonyl (C=O) groups is 1. The monoisotopic (exact) mass is 275 g/mol. The highest BCUT2D eigenvalue weighted by molar-refractivity contribution is 5.91. The number of anilines is 1. The molecule has 0 fully saturated rings. The molecule has 1 heterocycles. The minimum absolute atomic E-state index is 0.0573. The third-order valence-electron chi connectivity index (χ3n) is 2.62. The molecule has 0 radical (unpaired) electrons. The molecule has 1 N–H and O–H groups in total. The zero-order valence-electron chi connectivity index (χ0n) is 11.5. The van der Waals surface area contributed by atoms with Crippen molar-refractivity contribution in [2.75, 3.05) is 18.5 Å². The van der Waals surface area contributed by atoms with E-state index >= 15 is 0 Å². The number of ether oxygens (including phenoxy) is 1. The maximum Gasteiger partial charge on any atom is 0.250 e. The zero-order valence-corrected chi connectivity index (χ0v) is 11.5. The first-order valence-electron chi connectivity index (χ1n) is 6.53. The van der Waals surface area contributed by atoms with Gasteiger partial charge in [-0.05, 0) is 31.2 Å². The van der Waals surface area contributed by atoms with Crippen molar-refractivity contribution in [2.24, 2.45) is 0 Å². The van der Waals surface area contributed by atoms with Crippen molar-refractivity contribution in [3.8, 4) is 11.5 Å². The fraction of sp³-hybridized carbons (Fsp3) is 0.357. The predicted molar refractivity (Wildman–Crippen MR) is 74.2 cm³/mol. The molecule has 0 spiro atoms. The van der Waals surface area contributed by atoms with Crippen LogP contribution in [0, 0.1) is 0 Å². The molecular weight excluding hydrogens is 258 g/mol. The number of aryl methyl sites for hydroxylation is 1. The molecule has 1 aromatic carbocycles. The molecule has 6 heteroatoms. The zero-order chi connectivity index (χ0) is 14.4. The second-order valence-corrected chi connectivity index (χ2v) is 4.12. The van der Waals surface area contributed by atoms with Crippen molar-refractivity contribution in [2.45, 2.75) is 20.3 Å². The van der Waals surface area contributed by atoms with Gasteiger partial charge in [0.05, 0.1) is 0 Å². The highest BCUT2D eigenvalue weighted by Crippen LogP contribution is 2.20. The lowest BCUT2D eigenvalue weighted by molar-refractivity contribution is -0.120. The lowest BCUT2D eigenvalue weighted by Crippen LogP contribution is -2.18. The quantitative estimate of drug-likeness (QED) is 0.875. The van der Waals surface area contributed by atoms with Gasteiger partial charge in [0.25, 0.3) is 0 Å². The SMILES string of the molecule is CCOCC(=O)Nc1ccc(-c2nnc(CC)o2)cc1. The van der Waals surface area contributed by atoms with Crippen LogP contribution >= 0.6 is 0 Å². The van der Waals surface area contributed by atoms with Gasteiger partial charge in [0.1, 0.15) is 6.61 Å². The molecule has 0 saturated heterocycles. The van der Waals surface area contributed by atoms with Crippen LogP contribution in [0.25, 0.3) is 11.5 Å². The second-order valence-electron chi connectivity index (χ2n) is 4.12. The Balaban J connectivity index is 2.00. The molecule has 2 rings (SSSR count). The average molecular weight is 275 g/mol. The molecule has 2 aromatic rings. The Morgan fingerprint density at radius 1 is 1.25 bits per heavy atom. The van der Waals surface area contributed by atoms with Gasteiger partial charge < -0.3 is 14.5 Å². The van der Waals surface area contributed by atoms with E-state index in [0.717, 1.165) is 5.56 Å². The number of carbonyl (C=O) groups excluding carboxylic acids is 1. The summed E-state index contributed by atoms with van der Waals surface area (Å²) in [5.74, 6) is 0.911. The Morgan fingerprint density at radius 3 is 2.60 bits per heavy atom. The van der Waals surface area contributed by atoms with E-state index in [-0.39, 0.29) is 12.5 Å². The largest absolute Gasteiger partial charge is 0.421 e. The molecule has 0 unspecified atom stereocenters. The maximum atomic E-state index is 11.5. The first kappa shape index (κ1) is 14.2. The highest BCUT2D eigenvalue weighted by atomic mass is 16.5. The number of amides is 1. The molecule has 0 atom stereocenters. The van der Waals surface area contributed by atoms with Crippen LogP contribution in [0.3, 0.4) is 0 Å². The minimum atomic E-state index is -0.175. The van der Waals surface area contributed by atoms with Crippen molar-refractivity contribution in [1.29, 1.82) is 0 Å². The average Bonchev–Trinajstić information content (AvgIpc) is 2.95. The van der Waals surface area contributed by atoms with Crippen LogP contribution in [0.5, 0.6) is 0 Å². The maximum absolute atomic E-state index is 11.5. The summed E-state index contributed by atoms with van der Waals surface area (Å²) < 4.78 is 10.5. The van der Waals surface area contributed by atoms with Gasteiger partial charge in [-0.1, -0.05) is 6.92 Å². The number of nitrogens with zero attached hydrogens (tertiary/aromatic N) is 2. The summed E-state index contributed by atoms with van der Waals surface area (Å²) in [6, 6.07) is 7.22. The molecule has 0 aliphatic rings. The number of aromatic nitrogens is 2. The van der Waals surface area contributed by atoms with E-state index in [2.05, 4.69) is 15.5 Å². The third kappa shape index (κ3) is 3.64. The smallest absolute Gasteiger partial charge is 0.250 e. The van der Waals surface area contributed by atoms with Crippen molar-refractivity contribution in [3.05, 3.63) is 30.2 Å². The highest BCUT2D eigenvalue weighted by Gasteiger charge is 2.07. The normalized spacial score (nSPS) is 10.5. The van der Waals surface area contributed by atoms with Gasteiger partial charge in [-0.2, -0.15) is 0 Å². The van der Waals surface area contributed by atoms with Gasteiger partial charge in [-0.25, -0.2) is 0 Å². The van der Waals surface area contributed by atoms with Crippen LogP contribution in [0.4, 0.5) is 5.69 Å². The summed E-state index contributed by atoms with van der Waals surface area (Å²) >= 11 is 0. The van der Waals surface area contributed by atoms with Crippen molar-refractivity contribution in [1.82, 2.24) is 10.2 Å². The van der Waals surface area contributed by atoms with Gasteiger partial charge in [-0.15, -0.1) is 10.2 Å². The van der Waals surface area contributed by atoms with Crippen LogP contribution in [0.2, 0.25) is 0 Å². The number of rotatable bonds is 6. The van der Waals surface area contributed by atoms with E-state index in [9.17, 15) is 4.79 Å². The molecular formula is C14H17N3O3. The van der Waals surface area contributed by atoms with Crippen LogP contribution in [0.15, 0.2) is 28.7 Å². The molecule has 0 saturated carbocycles. The molecule has 1 amide bonds.